The van der Waals surface area contributed by atoms with Gasteiger partial charge in [0.05, 0.1) is 19.8 Å². The van der Waals surface area contributed by atoms with Gasteiger partial charge in [0.15, 0.2) is 0 Å². The summed E-state index contributed by atoms with van der Waals surface area (Å²) in [5, 5.41) is 9.09. The van der Waals surface area contributed by atoms with Gasteiger partial charge in [0.2, 0.25) is 0 Å². The summed E-state index contributed by atoms with van der Waals surface area (Å²) in [6.45, 7) is 5.73. The molecule has 2 rings (SSSR count). The van der Waals surface area contributed by atoms with Gasteiger partial charge in [0.1, 0.15) is 11.3 Å². The molecule has 1 aliphatic rings. The molecule has 1 saturated heterocycles. The Balaban J connectivity index is 2.16. The number of hydrogen-bond donors (Lipinski definition) is 1. The van der Waals surface area contributed by atoms with Crippen molar-refractivity contribution in [2.24, 2.45) is 5.41 Å². The molecular weight excluding hydrogens is 220 g/mol. The maximum Gasteiger partial charge on any atom is 0.339 e. The Hall–Kier alpha value is -1.55. The number of carbonyl (C=O) groups is 1. The number of aryl methyl sites for hydroxylation is 1. The van der Waals surface area contributed by atoms with Crippen molar-refractivity contribution in [3.63, 3.8) is 0 Å². The van der Waals surface area contributed by atoms with Gasteiger partial charge in [-0.3, -0.25) is 0 Å². The third kappa shape index (κ3) is 2.42. The van der Waals surface area contributed by atoms with E-state index in [-0.39, 0.29) is 11.0 Å². The zero-order chi connectivity index (χ0) is 12.5. The Bertz CT molecular complexity index is 435. The van der Waals surface area contributed by atoms with E-state index in [0.717, 1.165) is 5.56 Å². The van der Waals surface area contributed by atoms with Crippen molar-refractivity contribution in [3.8, 4) is 5.75 Å². The lowest BCUT2D eigenvalue weighted by molar-refractivity contribution is -0.120. The van der Waals surface area contributed by atoms with Crippen molar-refractivity contribution >= 4 is 5.97 Å². The summed E-state index contributed by atoms with van der Waals surface area (Å²) >= 11 is 0. The molecule has 0 atom stereocenters. The predicted octanol–water partition coefficient (Wildman–Crippen LogP) is 2.11. The summed E-state index contributed by atoms with van der Waals surface area (Å²) < 4.78 is 10.8. The Kier molecular flexibility index (Phi) is 3.07. The van der Waals surface area contributed by atoms with Crippen molar-refractivity contribution in [2.45, 2.75) is 13.8 Å². The van der Waals surface area contributed by atoms with Crippen LogP contribution < -0.4 is 4.74 Å². The highest BCUT2D eigenvalue weighted by atomic mass is 16.5. The Morgan fingerprint density at radius 2 is 2.24 bits per heavy atom. The second-order valence-electron chi connectivity index (χ2n) is 4.85. The first-order valence-electron chi connectivity index (χ1n) is 5.55. The minimum atomic E-state index is -0.960. The van der Waals surface area contributed by atoms with Crippen LogP contribution in [0.2, 0.25) is 0 Å². The van der Waals surface area contributed by atoms with Crippen molar-refractivity contribution in [1.29, 1.82) is 0 Å². The minimum absolute atomic E-state index is 0.0120. The Morgan fingerprint density at radius 3 is 2.76 bits per heavy atom. The van der Waals surface area contributed by atoms with Crippen molar-refractivity contribution in [2.75, 3.05) is 19.8 Å². The van der Waals surface area contributed by atoms with Gasteiger partial charge < -0.3 is 14.6 Å². The van der Waals surface area contributed by atoms with Crippen molar-refractivity contribution < 1.29 is 19.4 Å². The lowest BCUT2D eigenvalue weighted by Crippen LogP contribution is -2.44. The molecule has 0 aliphatic carbocycles. The number of carboxylic acid groups (broad SMARTS) is 1. The lowest BCUT2D eigenvalue weighted by atomic mass is 9.90. The van der Waals surface area contributed by atoms with E-state index >= 15 is 0 Å². The zero-order valence-electron chi connectivity index (χ0n) is 10.0. The van der Waals surface area contributed by atoms with Crippen LogP contribution >= 0.6 is 0 Å². The fourth-order valence-electron chi connectivity index (χ4n) is 1.79. The SMILES string of the molecule is Cc1cccc(C(=O)O)c1OCC1(C)COC1. The lowest BCUT2D eigenvalue weighted by Gasteiger charge is -2.37. The van der Waals surface area contributed by atoms with Gasteiger partial charge in [-0.25, -0.2) is 4.79 Å². The molecule has 1 aromatic carbocycles. The molecule has 92 valence electrons. The number of ether oxygens (including phenoxy) is 2. The van der Waals surface area contributed by atoms with Crippen LogP contribution in [0.25, 0.3) is 0 Å². The molecule has 0 amide bonds. The molecule has 1 aliphatic heterocycles. The summed E-state index contributed by atoms with van der Waals surface area (Å²) in [6.07, 6.45) is 0. The van der Waals surface area contributed by atoms with Crippen LogP contribution in [-0.2, 0) is 4.74 Å². The second kappa shape index (κ2) is 4.37. The summed E-state index contributed by atoms with van der Waals surface area (Å²) in [4.78, 5) is 11.1. The number of carboxylic acids is 1. The molecule has 0 unspecified atom stereocenters. The number of hydrogen-bond acceptors (Lipinski definition) is 3. The maximum atomic E-state index is 11.1. The third-order valence-corrected chi connectivity index (χ3v) is 2.91. The Labute approximate surface area is 100 Å². The number of aromatic carboxylic acids is 1. The summed E-state index contributed by atoms with van der Waals surface area (Å²) in [6, 6.07) is 5.13. The molecule has 0 spiro atoms. The van der Waals surface area contributed by atoms with E-state index in [1.54, 1.807) is 12.1 Å². The quantitative estimate of drug-likeness (QED) is 0.869. The smallest absolute Gasteiger partial charge is 0.339 e. The molecule has 0 radical (unpaired) electrons. The normalized spacial score (nSPS) is 17.3. The van der Waals surface area contributed by atoms with Gasteiger partial charge in [-0.15, -0.1) is 0 Å². The summed E-state index contributed by atoms with van der Waals surface area (Å²) in [5.41, 5.74) is 1.07. The molecule has 1 N–H and O–H groups in total. The molecule has 4 nitrogen and oxygen atoms in total. The van der Waals surface area contributed by atoms with Gasteiger partial charge in [0.25, 0.3) is 0 Å². The van der Waals surface area contributed by atoms with Gasteiger partial charge >= 0.3 is 5.97 Å². The number of rotatable bonds is 4. The second-order valence-corrected chi connectivity index (χ2v) is 4.85. The van der Waals surface area contributed by atoms with Gasteiger partial charge in [-0.2, -0.15) is 0 Å². The number of para-hydroxylation sites is 1. The minimum Gasteiger partial charge on any atom is -0.492 e. The van der Waals surface area contributed by atoms with Gasteiger partial charge in [0, 0.05) is 5.41 Å². The molecule has 1 aromatic rings. The predicted molar refractivity (Wildman–Crippen MR) is 62.6 cm³/mol. The average molecular weight is 236 g/mol. The van der Waals surface area contributed by atoms with Gasteiger partial charge in [-0.05, 0) is 18.6 Å². The van der Waals surface area contributed by atoms with E-state index in [1.165, 1.54) is 0 Å². The van der Waals surface area contributed by atoms with E-state index in [2.05, 4.69) is 6.92 Å². The summed E-state index contributed by atoms with van der Waals surface area (Å²) in [5.74, 6) is -0.494. The van der Waals surface area contributed by atoms with Gasteiger partial charge in [-0.1, -0.05) is 19.1 Å². The van der Waals surface area contributed by atoms with Crippen LogP contribution in [0.15, 0.2) is 18.2 Å². The van der Waals surface area contributed by atoms with Crippen LogP contribution in [0.1, 0.15) is 22.8 Å². The molecule has 17 heavy (non-hydrogen) atoms. The molecule has 4 heteroatoms. The third-order valence-electron chi connectivity index (χ3n) is 2.91. The largest absolute Gasteiger partial charge is 0.492 e. The summed E-state index contributed by atoms with van der Waals surface area (Å²) in [7, 11) is 0. The van der Waals surface area contributed by atoms with Crippen LogP contribution in [0, 0.1) is 12.3 Å². The molecular formula is C13H16O4. The van der Waals surface area contributed by atoms with E-state index in [1.807, 2.05) is 13.0 Å². The number of benzene rings is 1. The van der Waals surface area contributed by atoms with Crippen LogP contribution in [-0.4, -0.2) is 30.9 Å². The first-order chi connectivity index (χ1) is 8.02. The standard InChI is InChI=1S/C13H16O4/c1-9-4-3-5-10(12(14)15)11(9)17-8-13(2)6-16-7-13/h3-5H,6-8H2,1-2H3,(H,14,15). The average Bonchev–Trinajstić information content (AvgIpc) is 2.24. The first kappa shape index (κ1) is 11.9. The fraction of sp³-hybridized carbons (Fsp3) is 0.462. The van der Waals surface area contributed by atoms with Crippen molar-refractivity contribution in [3.05, 3.63) is 29.3 Å². The molecule has 0 bridgehead atoms. The molecule has 0 saturated carbocycles. The maximum absolute atomic E-state index is 11.1. The van der Waals surface area contributed by atoms with E-state index < -0.39 is 5.97 Å². The molecule has 1 fully saturated rings. The molecule has 0 aromatic heterocycles. The highest BCUT2D eigenvalue weighted by Crippen LogP contribution is 2.30. The highest BCUT2D eigenvalue weighted by molar-refractivity contribution is 5.91. The van der Waals surface area contributed by atoms with Crippen molar-refractivity contribution in [1.82, 2.24) is 0 Å². The van der Waals surface area contributed by atoms with Crippen LogP contribution in [0.4, 0.5) is 0 Å². The topological polar surface area (TPSA) is 55.8 Å². The fourth-order valence-corrected chi connectivity index (χ4v) is 1.79. The Morgan fingerprint density at radius 1 is 1.53 bits per heavy atom. The zero-order valence-corrected chi connectivity index (χ0v) is 10.0. The highest BCUT2D eigenvalue weighted by Gasteiger charge is 2.34. The van der Waals surface area contributed by atoms with Crippen LogP contribution in [0.3, 0.4) is 0 Å². The van der Waals surface area contributed by atoms with E-state index in [0.29, 0.717) is 25.6 Å². The van der Waals surface area contributed by atoms with Crippen LogP contribution in [0.5, 0.6) is 5.75 Å². The van der Waals surface area contributed by atoms with E-state index in [4.69, 9.17) is 14.6 Å². The first-order valence-corrected chi connectivity index (χ1v) is 5.55. The monoisotopic (exact) mass is 236 g/mol. The molecule has 1 heterocycles. The van der Waals surface area contributed by atoms with E-state index in [9.17, 15) is 4.79 Å².